The summed E-state index contributed by atoms with van der Waals surface area (Å²) in [7, 11) is 4.19. The Morgan fingerprint density at radius 1 is 1.27 bits per heavy atom. The predicted molar refractivity (Wildman–Crippen MR) is 104 cm³/mol. The van der Waals surface area contributed by atoms with Crippen LogP contribution < -0.4 is 10.2 Å². The highest BCUT2D eigenvalue weighted by Crippen LogP contribution is 2.33. The summed E-state index contributed by atoms with van der Waals surface area (Å²) >= 11 is 6.21. The zero-order valence-corrected chi connectivity index (χ0v) is 16.4. The number of hydrogen-bond acceptors (Lipinski definition) is 3. The second-order valence-corrected chi connectivity index (χ2v) is 8.16. The minimum Gasteiger partial charge on any atom is -0.354 e. The van der Waals surface area contributed by atoms with E-state index in [-0.39, 0.29) is 29.7 Å². The summed E-state index contributed by atoms with van der Waals surface area (Å²) in [6, 6.07) is 7.28. The van der Waals surface area contributed by atoms with Crippen LogP contribution in [0.4, 0.5) is 5.69 Å². The molecule has 6 heteroatoms. The van der Waals surface area contributed by atoms with Gasteiger partial charge in [-0.15, -0.1) is 0 Å². The van der Waals surface area contributed by atoms with E-state index in [9.17, 15) is 9.59 Å². The lowest BCUT2D eigenvalue weighted by atomic mass is 9.80. The number of rotatable bonds is 5. The first kappa shape index (κ1) is 19.2. The highest BCUT2D eigenvalue weighted by atomic mass is 35.5. The summed E-state index contributed by atoms with van der Waals surface area (Å²) in [4.78, 5) is 29.0. The van der Waals surface area contributed by atoms with Gasteiger partial charge in [-0.1, -0.05) is 43.0 Å². The molecule has 0 spiro atoms. The zero-order valence-electron chi connectivity index (χ0n) is 15.6. The summed E-state index contributed by atoms with van der Waals surface area (Å²) in [5.74, 6) is -0.389. The van der Waals surface area contributed by atoms with E-state index >= 15 is 0 Å². The Kier molecular flexibility index (Phi) is 5.88. The first-order chi connectivity index (χ1) is 12.4. The number of amides is 2. The van der Waals surface area contributed by atoms with Gasteiger partial charge in [0.15, 0.2) is 0 Å². The molecule has 1 aliphatic heterocycles. The van der Waals surface area contributed by atoms with E-state index in [1.54, 1.807) is 11.0 Å². The standard InChI is InChI=1S/C20H28ClN3O2/c1-23(2)20(10-6-3-7-11-20)14-22-19(26)15-12-18(25)24(13-15)17-9-5-4-8-16(17)21/h4-5,8-9,15H,3,6-7,10-14H2,1-2H3,(H,22,26). The average molecular weight is 378 g/mol. The Hall–Kier alpha value is -1.59. The van der Waals surface area contributed by atoms with Crippen molar-refractivity contribution < 1.29 is 9.59 Å². The average Bonchev–Trinajstić information content (AvgIpc) is 3.02. The van der Waals surface area contributed by atoms with E-state index < -0.39 is 0 Å². The smallest absolute Gasteiger partial charge is 0.227 e. The molecule has 2 amide bonds. The number of anilines is 1. The minimum absolute atomic E-state index is 0.0281. The summed E-state index contributed by atoms with van der Waals surface area (Å²) in [5, 5.41) is 3.67. The molecule has 0 aromatic heterocycles. The third-order valence-corrected chi connectivity index (χ3v) is 6.28. The zero-order chi connectivity index (χ0) is 18.7. The molecule has 2 aliphatic rings. The van der Waals surface area contributed by atoms with Crippen LogP contribution in [0.25, 0.3) is 0 Å². The van der Waals surface area contributed by atoms with Crippen molar-refractivity contribution in [3.63, 3.8) is 0 Å². The fraction of sp³-hybridized carbons (Fsp3) is 0.600. The van der Waals surface area contributed by atoms with Crippen LogP contribution in [0, 0.1) is 5.92 Å². The maximum Gasteiger partial charge on any atom is 0.227 e. The van der Waals surface area contributed by atoms with Crippen LogP contribution in [-0.4, -0.2) is 49.4 Å². The Balaban J connectivity index is 1.62. The van der Waals surface area contributed by atoms with Crippen molar-refractivity contribution in [1.82, 2.24) is 10.2 Å². The Morgan fingerprint density at radius 3 is 2.62 bits per heavy atom. The molecular formula is C20H28ClN3O2. The number of nitrogens with zero attached hydrogens (tertiary/aromatic N) is 2. The normalized spacial score (nSPS) is 22.7. The number of carbonyl (C=O) groups excluding carboxylic acids is 2. The maximum absolute atomic E-state index is 12.7. The topological polar surface area (TPSA) is 52.7 Å². The van der Waals surface area contributed by atoms with Gasteiger partial charge < -0.3 is 15.1 Å². The molecule has 3 rings (SSSR count). The van der Waals surface area contributed by atoms with Gasteiger partial charge in [0, 0.05) is 25.0 Å². The monoisotopic (exact) mass is 377 g/mol. The number of halogens is 1. The fourth-order valence-electron chi connectivity index (χ4n) is 4.17. The van der Waals surface area contributed by atoms with E-state index in [4.69, 9.17) is 11.6 Å². The van der Waals surface area contributed by atoms with E-state index in [1.165, 1.54) is 19.3 Å². The van der Waals surface area contributed by atoms with Gasteiger partial charge in [-0.25, -0.2) is 0 Å². The number of benzene rings is 1. The molecule has 1 saturated carbocycles. The molecule has 5 nitrogen and oxygen atoms in total. The molecule has 142 valence electrons. The van der Waals surface area contributed by atoms with Gasteiger partial charge in [-0.2, -0.15) is 0 Å². The lowest BCUT2D eigenvalue weighted by Gasteiger charge is -2.43. The number of hydrogen-bond donors (Lipinski definition) is 1. The van der Waals surface area contributed by atoms with Gasteiger partial charge in [-0.3, -0.25) is 9.59 Å². The fourth-order valence-corrected chi connectivity index (χ4v) is 4.41. The molecule has 1 aliphatic carbocycles. The molecule has 2 fully saturated rings. The van der Waals surface area contributed by atoms with Crippen molar-refractivity contribution in [3.8, 4) is 0 Å². The van der Waals surface area contributed by atoms with Crippen LogP contribution in [0.1, 0.15) is 38.5 Å². The van der Waals surface area contributed by atoms with Crippen LogP contribution in [0.3, 0.4) is 0 Å². The molecular weight excluding hydrogens is 350 g/mol. The van der Waals surface area contributed by atoms with Crippen LogP contribution in [-0.2, 0) is 9.59 Å². The van der Waals surface area contributed by atoms with Gasteiger partial charge in [0.05, 0.1) is 16.6 Å². The molecule has 1 atom stereocenters. The number of carbonyl (C=O) groups is 2. The third-order valence-electron chi connectivity index (χ3n) is 5.96. The summed E-state index contributed by atoms with van der Waals surface area (Å²) in [5.41, 5.74) is 0.727. The second kappa shape index (κ2) is 7.97. The molecule has 1 aromatic rings. The van der Waals surface area contributed by atoms with E-state index in [2.05, 4.69) is 24.3 Å². The second-order valence-electron chi connectivity index (χ2n) is 7.75. The Morgan fingerprint density at radius 2 is 1.96 bits per heavy atom. The summed E-state index contributed by atoms with van der Waals surface area (Å²) in [6.45, 7) is 1.04. The first-order valence-electron chi connectivity index (χ1n) is 9.43. The Labute approximate surface area is 160 Å². The predicted octanol–water partition coefficient (Wildman–Crippen LogP) is 3.07. The van der Waals surface area contributed by atoms with E-state index in [0.717, 1.165) is 12.8 Å². The molecule has 1 aromatic carbocycles. The highest BCUT2D eigenvalue weighted by Gasteiger charge is 2.38. The molecule has 1 heterocycles. The van der Waals surface area contributed by atoms with Gasteiger partial charge in [-0.05, 0) is 39.1 Å². The van der Waals surface area contributed by atoms with Gasteiger partial charge in [0.25, 0.3) is 0 Å². The van der Waals surface area contributed by atoms with Crippen LogP contribution in [0.5, 0.6) is 0 Å². The van der Waals surface area contributed by atoms with Gasteiger partial charge in [0.1, 0.15) is 0 Å². The molecule has 1 N–H and O–H groups in total. The van der Waals surface area contributed by atoms with E-state index in [0.29, 0.717) is 23.8 Å². The molecule has 1 saturated heterocycles. The van der Waals surface area contributed by atoms with E-state index in [1.807, 2.05) is 18.2 Å². The molecule has 0 bridgehead atoms. The lowest BCUT2D eigenvalue weighted by molar-refractivity contribution is -0.127. The first-order valence-corrected chi connectivity index (χ1v) is 9.81. The SMILES string of the molecule is CN(C)C1(CNC(=O)C2CC(=O)N(c3ccccc3Cl)C2)CCCCC1. The summed E-state index contributed by atoms with van der Waals surface area (Å²) < 4.78 is 0. The molecule has 1 unspecified atom stereocenters. The maximum atomic E-state index is 12.7. The van der Waals surface area contributed by atoms with Crippen molar-refractivity contribution in [2.75, 3.05) is 32.1 Å². The van der Waals surface area contributed by atoms with Gasteiger partial charge in [0.2, 0.25) is 11.8 Å². The van der Waals surface area contributed by atoms with Crippen molar-refractivity contribution in [2.24, 2.45) is 5.92 Å². The lowest BCUT2D eigenvalue weighted by Crippen LogP contribution is -2.54. The quantitative estimate of drug-likeness (QED) is 0.857. The third kappa shape index (κ3) is 3.89. The van der Waals surface area contributed by atoms with Crippen LogP contribution in [0.15, 0.2) is 24.3 Å². The van der Waals surface area contributed by atoms with Crippen molar-refractivity contribution in [3.05, 3.63) is 29.3 Å². The van der Waals surface area contributed by atoms with Crippen molar-refractivity contribution in [2.45, 2.75) is 44.1 Å². The summed E-state index contributed by atoms with van der Waals surface area (Å²) in [6.07, 6.45) is 6.14. The van der Waals surface area contributed by atoms with Crippen molar-refractivity contribution >= 4 is 29.1 Å². The number of likely N-dealkylation sites (N-methyl/N-ethyl adjacent to an activating group) is 1. The molecule has 26 heavy (non-hydrogen) atoms. The number of nitrogens with one attached hydrogen (secondary N) is 1. The van der Waals surface area contributed by atoms with Crippen molar-refractivity contribution in [1.29, 1.82) is 0 Å². The minimum atomic E-state index is -0.318. The highest BCUT2D eigenvalue weighted by molar-refractivity contribution is 6.33. The van der Waals surface area contributed by atoms with Crippen LogP contribution in [0.2, 0.25) is 5.02 Å². The Bertz CT molecular complexity index is 671. The molecule has 0 radical (unpaired) electrons. The largest absolute Gasteiger partial charge is 0.354 e. The number of para-hydroxylation sites is 1. The van der Waals surface area contributed by atoms with Gasteiger partial charge >= 0.3 is 0 Å². The van der Waals surface area contributed by atoms with Crippen LogP contribution >= 0.6 is 11.6 Å².